The van der Waals surface area contributed by atoms with E-state index in [0.717, 1.165) is 61.4 Å². The lowest BCUT2D eigenvalue weighted by Crippen LogP contribution is -2.50. The Morgan fingerprint density at radius 3 is 2.59 bits per heavy atom. The third-order valence-corrected chi connectivity index (χ3v) is 9.49. The number of rotatable bonds is 10. The quantitative estimate of drug-likeness (QED) is 0.349. The van der Waals surface area contributed by atoms with Gasteiger partial charge in [0.05, 0.1) is 16.0 Å². The Balaban J connectivity index is 1.34. The van der Waals surface area contributed by atoms with Crippen molar-refractivity contribution < 1.29 is 13.2 Å². The van der Waals surface area contributed by atoms with Crippen molar-refractivity contribution in [1.29, 1.82) is 0 Å². The van der Waals surface area contributed by atoms with Crippen molar-refractivity contribution in [3.05, 3.63) is 35.5 Å². The average molecular weight is 551 g/mol. The summed E-state index contributed by atoms with van der Waals surface area (Å²) in [7, 11) is -3.22. The number of halogens is 1. The molecule has 2 aromatic heterocycles. The number of nitrogens with one attached hydrogen (secondary N) is 3. The molecule has 0 aromatic carbocycles. The van der Waals surface area contributed by atoms with E-state index < -0.39 is 15.3 Å². The van der Waals surface area contributed by atoms with Gasteiger partial charge in [0.15, 0.2) is 0 Å². The SMILES string of the molecule is CC(C)S(=O)(=O)NC[C@H]1CC[C@H](Nc2cc(-c3cccc(NCC4(N)CCOCC4)n3)c(Cl)cn2)CC1. The molecule has 11 heteroatoms. The summed E-state index contributed by atoms with van der Waals surface area (Å²) in [6.45, 7) is 5.90. The van der Waals surface area contributed by atoms with Crippen LogP contribution in [0.25, 0.3) is 11.3 Å². The van der Waals surface area contributed by atoms with Gasteiger partial charge in [-0.1, -0.05) is 17.7 Å². The first kappa shape index (κ1) is 28.0. The molecule has 0 amide bonds. The van der Waals surface area contributed by atoms with Crippen molar-refractivity contribution in [2.75, 3.05) is 36.9 Å². The van der Waals surface area contributed by atoms with Crippen molar-refractivity contribution in [1.82, 2.24) is 14.7 Å². The smallest absolute Gasteiger partial charge is 0.213 e. The zero-order valence-electron chi connectivity index (χ0n) is 21.7. The van der Waals surface area contributed by atoms with Crippen LogP contribution in [0.4, 0.5) is 11.6 Å². The fraction of sp³-hybridized carbons (Fsp3) is 0.615. The summed E-state index contributed by atoms with van der Waals surface area (Å²) in [6.07, 6.45) is 7.13. The molecular formula is C26H39ClN6O3S. The van der Waals surface area contributed by atoms with Crippen LogP contribution in [0, 0.1) is 5.92 Å². The second-order valence-electron chi connectivity index (χ2n) is 10.6. The molecule has 1 saturated heterocycles. The van der Waals surface area contributed by atoms with E-state index in [1.165, 1.54) is 0 Å². The molecule has 37 heavy (non-hydrogen) atoms. The Kier molecular flexibility index (Phi) is 9.29. The Morgan fingerprint density at radius 2 is 1.89 bits per heavy atom. The van der Waals surface area contributed by atoms with E-state index in [4.69, 9.17) is 27.1 Å². The van der Waals surface area contributed by atoms with E-state index in [-0.39, 0.29) is 11.6 Å². The topological polar surface area (TPSA) is 131 Å². The number of pyridine rings is 2. The number of hydrogen-bond acceptors (Lipinski definition) is 8. The van der Waals surface area contributed by atoms with E-state index in [2.05, 4.69) is 20.3 Å². The summed E-state index contributed by atoms with van der Waals surface area (Å²) in [4.78, 5) is 9.26. The summed E-state index contributed by atoms with van der Waals surface area (Å²) in [5.41, 5.74) is 7.79. The first-order chi connectivity index (χ1) is 17.6. The number of ether oxygens (including phenoxy) is 1. The van der Waals surface area contributed by atoms with Gasteiger partial charge < -0.3 is 21.1 Å². The first-order valence-corrected chi connectivity index (χ1v) is 15.0. The lowest BCUT2D eigenvalue weighted by atomic mass is 9.86. The highest BCUT2D eigenvalue weighted by atomic mass is 35.5. The highest BCUT2D eigenvalue weighted by Gasteiger charge is 2.28. The molecule has 204 valence electrons. The van der Waals surface area contributed by atoms with E-state index in [1.807, 2.05) is 24.3 Å². The van der Waals surface area contributed by atoms with Gasteiger partial charge >= 0.3 is 0 Å². The third kappa shape index (κ3) is 7.77. The van der Waals surface area contributed by atoms with Gasteiger partial charge in [-0.3, -0.25) is 0 Å². The predicted molar refractivity (Wildman–Crippen MR) is 149 cm³/mol. The van der Waals surface area contributed by atoms with E-state index in [9.17, 15) is 8.42 Å². The third-order valence-electron chi connectivity index (χ3n) is 7.38. The zero-order chi connectivity index (χ0) is 26.5. The molecule has 2 aromatic rings. The van der Waals surface area contributed by atoms with E-state index in [0.29, 0.717) is 37.2 Å². The zero-order valence-corrected chi connectivity index (χ0v) is 23.2. The molecule has 0 atom stereocenters. The number of aromatic nitrogens is 2. The van der Waals surface area contributed by atoms with Crippen LogP contribution in [0.1, 0.15) is 52.4 Å². The molecule has 3 heterocycles. The second kappa shape index (κ2) is 12.3. The van der Waals surface area contributed by atoms with Crippen LogP contribution in [0.3, 0.4) is 0 Å². The van der Waals surface area contributed by atoms with E-state index in [1.54, 1.807) is 20.0 Å². The fourth-order valence-electron chi connectivity index (χ4n) is 4.74. The van der Waals surface area contributed by atoms with Gasteiger partial charge in [-0.15, -0.1) is 0 Å². The largest absolute Gasteiger partial charge is 0.381 e. The maximum atomic E-state index is 12.0. The van der Waals surface area contributed by atoms with Crippen molar-refractivity contribution in [3.63, 3.8) is 0 Å². The fourth-order valence-corrected chi connectivity index (χ4v) is 5.74. The molecule has 0 unspecified atom stereocenters. The minimum Gasteiger partial charge on any atom is -0.381 e. The van der Waals surface area contributed by atoms with Gasteiger partial charge in [0, 0.05) is 49.6 Å². The van der Waals surface area contributed by atoms with Crippen molar-refractivity contribution >= 4 is 33.3 Å². The van der Waals surface area contributed by atoms with Crippen molar-refractivity contribution in [3.8, 4) is 11.3 Å². The number of nitrogens with zero attached hydrogens (tertiary/aromatic N) is 2. The molecule has 1 aliphatic heterocycles. The molecule has 5 N–H and O–H groups in total. The van der Waals surface area contributed by atoms with Crippen molar-refractivity contribution in [2.24, 2.45) is 11.7 Å². The van der Waals surface area contributed by atoms with Gasteiger partial charge in [-0.2, -0.15) is 0 Å². The molecular weight excluding hydrogens is 512 g/mol. The monoisotopic (exact) mass is 550 g/mol. The maximum absolute atomic E-state index is 12.0. The molecule has 1 aliphatic carbocycles. The van der Waals surface area contributed by atoms with Crippen molar-refractivity contribution in [2.45, 2.75) is 69.2 Å². The minimum atomic E-state index is -3.22. The summed E-state index contributed by atoms with van der Waals surface area (Å²) in [6, 6.07) is 8.05. The van der Waals surface area contributed by atoms with Crippen LogP contribution in [0.15, 0.2) is 30.5 Å². The normalized spacial score (nSPS) is 22.1. The maximum Gasteiger partial charge on any atom is 0.213 e. The van der Waals surface area contributed by atoms with Crippen LogP contribution >= 0.6 is 11.6 Å². The Hall–Kier alpha value is -1.98. The molecule has 0 radical (unpaired) electrons. The van der Waals surface area contributed by atoms with Crippen LogP contribution in [0.5, 0.6) is 0 Å². The van der Waals surface area contributed by atoms with Crippen LogP contribution < -0.4 is 21.1 Å². The second-order valence-corrected chi connectivity index (χ2v) is 13.3. The predicted octanol–water partition coefficient (Wildman–Crippen LogP) is 4.02. The summed E-state index contributed by atoms with van der Waals surface area (Å²) in [5.74, 6) is 1.86. The highest BCUT2D eigenvalue weighted by Crippen LogP contribution is 2.31. The molecule has 9 nitrogen and oxygen atoms in total. The molecule has 1 saturated carbocycles. The average Bonchev–Trinajstić information content (AvgIpc) is 2.89. The first-order valence-electron chi connectivity index (χ1n) is 13.1. The standard InChI is InChI=1S/C26H39ClN6O3S/c1-18(2)37(34,35)31-15-19-6-8-20(9-7-19)32-25-14-21(22(27)16-29-25)23-4-3-5-24(33-23)30-17-26(28)10-12-36-13-11-26/h3-5,14,16,18-20,31H,6-13,15,17,28H2,1-2H3,(H,29,32)(H,30,33)/t19-,20-. The van der Waals surface area contributed by atoms with Crippen LogP contribution in [0.2, 0.25) is 5.02 Å². The Labute approximate surface area is 225 Å². The molecule has 4 rings (SSSR count). The van der Waals surface area contributed by atoms with Gasteiger partial charge in [0.1, 0.15) is 11.6 Å². The Morgan fingerprint density at radius 1 is 1.16 bits per heavy atom. The van der Waals surface area contributed by atoms with Crippen LogP contribution in [-0.2, 0) is 14.8 Å². The van der Waals surface area contributed by atoms with Gasteiger partial charge in [0.25, 0.3) is 0 Å². The summed E-state index contributed by atoms with van der Waals surface area (Å²) in [5, 5.41) is 7.05. The molecule has 2 aliphatic rings. The van der Waals surface area contributed by atoms with Gasteiger partial charge in [-0.05, 0) is 76.5 Å². The highest BCUT2D eigenvalue weighted by molar-refractivity contribution is 7.90. The minimum absolute atomic E-state index is 0.278. The van der Waals surface area contributed by atoms with E-state index >= 15 is 0 Å². The number of anilines is 2. The Bertz CT molecular complexity index is 1150. The number of hydrogen-bond donors (Lipinski definition) is 4. The lowest BCUT2D eigenvalue weighted by Gasteiger charge is -2.33. The van der Waals surface area contributed by atoms with Crippen LogP contribution in [-0.4, -0.2) is 61.5 Å². The van der Waals surface area contributed by atoms with Gasteiger partial charge in [-0.25, -0.2) is 23.1 Å². The molecule has 2 fully saturated rings. The number of nitrogens with two attached hydrogens (primary N) is 1. The summed E-state index contributed by atoms with van der Waals surface area (Å²) < 4.78 is 32.3. The lowest BCUT2D eigenvalue weighted by molar-refractivity contribution is 0.0574. The van der Waals surface area contributed by atoms with Gasteiger partial charge in [0.2, 0.25) is 10.0 Å². The summed E-state index contributed by atoms with van der Waals surface area (Å²) >= 11 is 6.52. The molecule has 0 bridgehead atoms. The molecule has 0 spiro atoms. The number of sulfonamides is 1.